The molecule has 26 heavy (non-hydrogen) atoms. The molecule has 1 aliphatic rings. The minimum Gasteiger partial charge on any atom is -0.446 e. The van der Waals surface area contributed by atoms with E-state index < -0.39 is 6.09 Å². The van der Waals surface area contributed by atoms with E-state index in [1.807, 2.05) is 60.7 Å². The highest BCUT2D eigenvalue weighted by Crippen LogP contribution is 2.38. The summed E-state index contributed by atoms with van der Waals surface area (Å²) >= 11 is 0. The zero-order valence-corrected chi connectivity index (χ0v) is 15.5. The van der Waals surface area contributed by atoms with Crippen LogP contribution in [0.5, 0.6) is 0 Å². The van der Waals surface area contributed by atoms with Crippen LogP contribution in [0, 0.1) is 5.92 Å². The average Bonchev–Trinajstić information content (AvgIpc) is 3.04. The van der Waals surface area contributed by atoms with Gasteiger partial charge in [0.15, 0.2) is 0 Å². The minimum absolute atomic E-state index is 0.193. The first-order valence-electron chi connectivity index (χ1n) is 9.03. The molecule has 0 saturated carbocycles. The number of amides is 2. The van der Waals surface area contributed by atoms with Gasteiger partial charge in [-0.25, -0.2) is 9.69 Å². The van der Waals surface area contributed by atoms with Crippen LogP contribution in [0.2, 0.25) is 0 Å². The third-order valence-corrected chi connectivity index (χ3v) is 5.55. The largest absolute Gasteiger partial charge is 0.446 e. The predicted octanol–water partition coefficient (Wildman–Crippen LogP) is 4.71. The SMILES string of the molecule is CC(C)[C@@](C)(CC(=O)N1C(=O)OC[C@H]1c1ccccc1)c1ccccc1. The van der Waals surface area contributed by atoms with E-state index in [9.17, 15) is 9.59 Å². The lowest BCUT2D eigenvalue weighted by atomic mass is 9.70. The van der Waals surface area contributed by atoms with Gasteiger partial charge >= 0.3 is 6.09 Å². The number of rotatable bonds is 5. The van der Waals surface area contributed by atoms with Crippen LogP contribution in [0.1, 0.15) is 44.4 Å². The maximum atomic E-state index is 13.2. The van der Waals surface area contributed by atoms with E-state index in [2.05, 4.69) is 20.8 Å². The van der Waals surface area contributed by atoms with Crippen molar-refractivity contribution in [2.45, 2.75) is 38.6 Å². The van der Waals surface area contributed by atoms with Gasteiger partial charge in [-0.3, -0.25) is 4.79 Å². The smallest absolute Gasteiger partial charge is 0.417 e. The molecule has 0 bridgehead atoms. The van der Waals surface area contributed by atoms with E-state index in [1.165, 1.54) is 4.90 Å². The highest BCUT2D eigenvalue weighted by molar-refractivity contribution is 5.94. The van der Waals surface area contributed by atoms with Gasteiger partial charge < -0.3 is 4.74 Å². The van der Waals surface area contributed by atoms with Crippen LogP contribution in [-0.2, 0) is 14.9 Å². The molecule has 3 rings (SSSR count). The molecule has 0 spiro atoms. The lowest BCUT2D eigenvalue weighted by Gasteiger charge is -2.35. The monoisotopic (exact) mass is 351 g/mol. The molecule has 0 aromatic heterocycles. The van der Waals surface area contributed by atoms with Crippen LogP contribution in [0.3, 0.4) is 0 Å². The quantitative estimate of drug-likeness (QED) is 0.784. The standard InChI is InChI=1S/C22H25NO3/c1-16(2)22(3,18-12-8-5-9-13-18)14-20(24)23-19(15-26-21(23)25)17-10-6-4-7-11-17/h4-13,16,19H,14-15H2,1-3H3/t19-,22+/m0/s1. The van der Waals surface area contributed by atoms with Crippen molar-refractivity contribution in [1.29, 1.82) is 0 Å². The fourth-order valence-electron chi connectivity index (χ4n) is 3.48. The Kier molecular flexibility index (Phi) is 5.12. The van der Waals surface area contributed by atoms with E-state index in [0.717, 1.165) is 11.1 Å². The molecule has 2 atom stereocenters. The fraction of sp³-hybridized carbons (Fsp3) is 0.364. The normalized spacial score (nSPS) is 19.3. The van der Waals surface area contributed by atoms with Crippen LogP contribution in [0.15, 0.2) is 60.7 Å². The van der Waals surface area contributed by atoms with E-state index in [-0.39, 0.29) is 36.3 Å². The lowest BCUT2D eigenvalue weighted by molar-refractivity contribution is -0.131. The van der Waals surface area contributed by atoms with Gasteiger partial charge in [0.1, 0.15) is 12.6 Å². The molecule has 4 nitrogen and oxygen atoms in total. The zero-order valence-electron chi connectivity index (χ0n) is 15.5. The molecular weight excluding hydrogens is 326 g/mol. The predicted molar refractivity (Wildman–Crippen MR) is 101 cm³/mol. The van der Waals surface area contributed by atoms with Crippen molar-refractivity contribution in [3.8, 4) is 0 Å². The van der Waals surface area contributed by atoms with Crippen LogP contribution >= 0.6 is 0 Å². The summed E-state index contributed by atoms with van der Waals surface area (Å²) in [6.45, 7) is 6.51. The fourth-order valence-corrected chi connectivity index (χ4v) is 3.48. The Bertz CT molecular complexity index is 772. The van der Waals surface area contributed by atoms with Crippen molar-refractivity contribution in [2.24, 2.45) is 5.92 Å². The number of nitrogens with zero attached hydrogens (tertiary/aromatic N) is 1. The summed E-state index contributed by atoms with van der Waals surface area (Å²) in [5.74, 6) is 0.0454. The number of carbonyl (C=O) groups is 2. The van der Waals surface area contributed by atoms with Gasteiger partial charge in [0.05, 0.1) is 0 Å². The second-order valence-corrected chi connectivity index (χ2v) is 7.38. The molecule has 4 heteroatoms. The molecular formula is C22H25NO3. The first-order valence-corrected chi connectivity index (χ1v) is 9.03. The average molecular weight is 351 g/mol. The molecule has 0 unspecified atom stereocenters. The maximum Gasteiger partial charge on any atom is 0.417 e. The van der Waals surface area contributed by atoms with Crippen molar-refractivity contribution in [1.82, 2.24) is 4.90 Å². The molecule has 1 aliphatic heterocycles. The Labute approximate surface area is 154 Å². The first-order chi connectivity index (χ1) is 12.4. The molecule has 0 radical (unpaired) electrons. The van der Waals surface area contributed by atoms with Gasteiger partial charge in [0.2, 0.25) is 5.91 Å². The Morgan fingerprint density at radius 1 is 1.12 bits per heavy atom. The molecule has 136 valence electrons. The molecule has 1 heterocycles. The second kappa shape index (κ2) is 7.32. The van der Waals surface area contributed by atoms with Crippen molar-refractivity contribution in [3.63, 3.8) is 0 Å². The number of carbonyl (C=O) groups excluding carboxylic acids is 2. The summed E-state index contributed by atoms with van der Waals surface area (Å²) in [5, 5.41) is 0. The van der Waals surface area contributed by atoms with Crippen LogP contribution in [0.25, 0.3) is 0 Å². The number of hydrogen-bond donors (Lipinski definition) is 0. The second-order valence-electron chi connectivity index (χ2n) is 7.38. The van der Waals surface area contributed by atoms with Crippen molar-refractivity contribution >= 4 is 12.0 Å². The van der Waals surface area contributed by atoms with E-state index >= 15 is 0 Å². The zero-order chi connectivity index (χ0) is 18.7. The van der Waals surface area contributed by atoms with Gasteiger partial charge in [0.25, 0.3) is 0 Å². The number of imide groups is 1. The summed E-state index contributed by atoms with van der Waals surface area (Å²) in [6, 6.07) is 19.2. The Hall–Kier alpha value is -2.62. The van der Waals surface area contributed by atoms with Gasteiger partial charge in [-0.05, 0) is 17.0 Å². The van der Waals surface area contributed by atoms with Crippen LogP contribution < -0.4 is 0 Å². The Balaban J connectivity index is 1.88. The summed E-state index contributed by atoms with van der Waals surface area (Å²) in [6.07, 6.45) is -0.296. The van der Waals surface area contributed by atoms with Crippen molar-refractivity contribution < 1.29 is 14.3 Å². The highest BCUT2D eigenvalue weighted by Gasteiger charge is 2.42. The summed E-state index contributed by atoms with van der Waals surface area (Å²) in [7, 11) is 0. The van der Waals surface area contributed by atoms with Crippen LogP contribution in [-0.4, -0.2) is 23.5 Å². The number of hydrogen-bond acceptors (Lipinski definition) is 3. The lowest BCUT2D eigenvalue weighted by Crippen LogP contribution is -2.40. The Morgan fingerprint density at radius 3 is 2.27 bits per heavy atom. The van der Waals surface area contributed by atoms with E-state index in [4.69, 9.17) is 4.74 Å². The van der Waals surface area contributed by atoms with E-state index in [0.29, 0.717) is 0 Å². The van der Waals surface area contributed by atoms with Gasteiger partial charge in [-0.1, -0.05) is 81.4 Å². The third-order valence-electron chi connectivity index (χ3n) is 5.55. The summed E-state index contributed by atoms with van der Waals surface area (Å²) < 4.78 is 5.20. The highest BCUT2D eigenvalue weighted by atomic mass is 16.6. The number of benzene rings is 2. The molecule has 2 aromatic rings. The maximum absolute atomic E-state index is 13.2. The topological polar surface area (TPSA) is 46.6 Å². The third kappa shape index (κ3) is 3.36. The summed E-state index contributed by atoms with van der Waals surface area (Å²) in [5.41, 5.74) is 1.66. The molecule has 1 fully saturated rings. The van der Waals surface area contributed by atoms with Gasteiger partial charge in [0, 0.05) is 11.8 Å². The van der Waals surface area contributed by atoms with Crippen molar-refractivity contribution in [2.75, 3.05) is 6.61 Å². The first kappa shape index (κ1) is 18.2. The number of cyclic esters (lactones) is 1. The summed E-state index contributed by atoms with van der Waals surface area (Å²) in [4.78, 5) is 26.7. The van der Waals surface area contributed by atoms with Crippen molar-refractivity contribution in [3.05, 3.63) is 71.8 Å². The number of ether oxygens (including phenoxy) is 1. The van der Waals surface area contributed by atoms with Crippen LogP contribution in [0.4, 0.5) is 4.79 Å². The molecule has 1 saturated heterocycles. The van der Waals surface area contributed by atoms with Gasteiger partial charge in [-0.2, -0.15) is 0 Å². The molecule has 0 aliphatic carbocycles. The van der Waals surface area contributed by atoms with Gasteiger partial charge in [-0.15, -0.1) is 0 Å². The molecule has 2 amide bonds. The molecule has 2 aromatic carbocycles. The Morgan fingerprint density at radius 2 is 1.69 bits per heavy atom. The minimum atomic E-state index is -0.553. The molecule has 0 N–H and O–H groups in total. The van der Waals surface area contributed by atoms with E-state index in [1.54, 1.807) is 0 Å².